The van der Waals surface area contributed by atoms with Crippen molar-refractivity contribution in [1.29, 1.82) is 0 Å². The van der Waals surface area contributed by atoms with Crippen LogP contribution < -0.4 is 105 Å². The van der Waals surface area contributed by atoms with Gasteiger partial charge in [0, 0.05) is 22.1 Å². The summed E-state index contributed by atoms with van der Waals surface area (Å²) in [5.41, 5.74) is 7.44. The maximum absolute atomic E-state index is 13.7. The Labute approximate surface area is 421 Å². The third-order valence-electron chi connectivity index (χ3n) is 8.59. The zero-order chi connectivity index (χ0) is 42.1. The predicted octanol–water partition coefficient (Wildman–Crippen LogP) is -1.63. The molecule has 62 heavy (non-hydrogen) atoms. The molecule has 0 aromatic heterocycles. The molecule has 0 spiro atoms. The van der Waals surface area contributed by atoms with Crippen molar-refractivity contribution < 1.29 is 132 Å². The van der Waals surface area contributed by atoms with Crippen LogP contribution in [-0.2, 0) is 30.4 Å². The van der Waals surface area contributed by atoms with Crippen molar-refractivity contribution in [3.8, 4) is 0 Å². The van der Waals surface area contributed by atoms with E-state index in [1.165, 1.54) is 36.4 Å². The number of anilines is 4. The topological polar surface area (TPSA) is 301 Å². The SMILES string of the molecule is Nc1c(N=Nc2ccc(N=Nc3ccc(Nc4ccccc4)c4c(S(=O)(=O)[O-])cccc34)cc2)c(S(=O)(=O)[O-])cc2c1C(=O)/C(=N/Nc1ccccc1)C(S(=O)(=O)[O-])=C2.[Na+].[Na+].[Na+]. The van der Waals surface area contributed by atoms with Crippen LogP contribution in [0, 0.1) is 0 Å². The number of hydrazone groups is 1. The summed E-state index contributed by atoms with van der Waals surface area (Å²) >= 11 is 0. The Morgan fingerprint density at radius 3 is 1.71 bits per heavy atom. The number of azo groups is 2. The van der Waals surface area contributed by atoms with Gasteiger partial charge in [0.15, 0.2) is 0 Å². The normalized spacial score (nSPS) is 13.5. The van der Waals surface area contributed by atoms with E-state index in [-0.39, 0.29) is 111 Å². The second kappa shape index (κ2) is 20.7. The fraction of sp³-hybridized carbons (Fsp3) is 0. The van der Waals surface area contributed by atoms with Crippen molar-refractivity contribution in [3.63, 3.8) is 0 Å². The van der Waals surface area contributed by atoms with Gasteiger partial charge in [0.2, 0.25) is 5.78 Å². The van der Waals surface area contributed by atoms with Crippen LogP contribution in [-0.4, -0.2) is 50.4 Å². The molecule has 0 aliphatic heterocycles. The molecule has 0 saturated heterocycles. The number of carbonyl (C=O) groups excluding carboxylic acids is 1. The Hall–Kier alpha value is -4.01. The summed E-state index contributed by atoms with van der Waals surface area (Å²) in [6, 6.07) is 30.6. The number of ketones is 1. The van der Waals surface area contributed by atoms with E-state index in [9.17, 15) is 43.7 Å². The maximum atomic E-state index is 13.7. The molecule has 7 rings (SSSR count). The first kappa shape index (κ1) is 50.6. The van der Waals surface area contributed by atoms with Crippen molar-refractivity contribution in [2.45, 2.75) is 9.79 Å². The number of hydrogen-bond donors (Lipinski definition) is 3. The molecular formula is C38H25N8Na3O10S3. The number of hydrogen-bond acceptors (Lipinski definition) is 18. The number of para-hydroxylation sites is 2. The molecule has 0 amide bonds. The number of carbonyl (C=O) groups is 1. The number of fused-ring (bicyclic) bond motifs is 2. The van der Waals surface area contributed by atoms with Crippen LogP contribution in [0.5, 0.6) is 0 Å². The zero-order valence-electron chi connectivity index (χ0n) is 32.7. The molecule has 1 aliphatic rings. The van der Waals surface area contributed by atoms with Gasteiger partial charge < -0.3 is 24.7 Å². The summed E-state index contributed by atoms with van der Waals surface area (Å²) in [5.74, 6) is -1.18. The summed E-state index contributed by atoms with van der Waals surface area (Å²) in [5, 5.41) is 23.7. The van der Waals surface area contributed by atoms with Gasteiger partial charge in [-0.15, -0.1) is 10.2 Å². The van der Waals surface area contributed by atoms with Gasteiger partial charge >= 0.3 is 88.7 Å². The molecule has 6 aromatic rings. The van der Waals surface area contributed by atoms with Gasteiger partial charge in [-0.1, -0.05) is 48.5 Å². The molecule has 0 radical (unpaired) electrons. The Morgan fingerprint density at radius 2 is 1.15 bits per heavy atom. The summed E-state index contributed by atoms with van der Waals surface area (Å²) in [7, 11) is -15.7. The number of nitrogens with two attached hydrogens (primary N) is 1. The van der Waals surface area contributed by atoms with E-state index in [0.717, 1.165) is 0 Å². The van der Waals surface area contributed by atoms with Crippen LogP contribution in [0.3, 0.4) is 0 Å². The minimum Gasteiger partial charge on any atom is -0.744 e. The Bertz CT molecular complexity index is 3160. The van der Waals surface area contributed by atoms with Crippen molar-refractivity contribution in [3.05, 3.63) is 137 Å². The zero-order valence-corrected chi connectivity index (χ0v) is 41.2. The van der Waals surface area contributed by atoms with Crippen molar-refractivity contribution in [2.75, 3.05) is 16.5 Å². The molecule has 0 atom stereocenters. The third kappa shape index (κ3) is 11.4. The van der Waals surface area contributed by atoms with Gasteiger partial charge in [0.1, 0.15) is 41.8 Å². The van der Waals surface area contributed by atoms with Crippen LogP contribution >= 0.6 is 0 Å². The van der Waals surface area contributed by atoms with E-state index in [1.54, 1.807) is 72.8 Å². The Kier molecular flexibility index (Phi) is 16.9. The molecule has 298 valence electrons. The van der Waals surface area contributed by atoms with E-state index in [0.29, 0.717) is 34.6 Å². The first-order valence-corrected chi connectivity index (χ1v) is 21.0. The Morgan fingerprint density at radius 1 is 0.581 bits per heavy atom. The largest absolute Gasteiger partial charge is 1.00 e. The van der Waals surface area contributed by atoms with Crippen LogP contribution in [0.15, 0.2) is 162 Å². The van der Waals surface area contributed by atoms with Gasteiger partial charge in [0.05, 0.1) is 48.7 Å². The van der Waals surface area contributed by atoms with Gasteiger partial charge in [-0.05, 0) is 84.4 Å². The fourth-order valence-corrected chi connectivity index (χ4v) is 7.98. The third-order valence-corrected chi connectivity index (χ3v) is 11.2. The van der Waals surface area contributed by atoms with E-state index < -0.39 is 79.0 Å². The summed E-state index contributed by atoms with van der Waals surface area (Å²) in [6.07, 6.45) is 0.688. The van der Waals surface area contributed by atoms with Crippen LogP contribution in [0.2, 0.25) is 0 Å². The number of nitrogens with one attached hydrogen (secondary N) is 2. The maximum Gasteiger partial charge on any atom is 1.00 e. The second-order valence-corrected chi connectivity index (χ2v) is 16.5. The Balaban J connectivity index is 0.00000282. The summed E-state index contributed by atoms with van der Waals surface area (Å²) in [4.78, 5) is 11.1. The summed E-state index contributed by atoms with van der Waals surface area (Å²) in [6.45, 7) is 0. The minimum absolute atomic E-state index is 0. The molecule has 18 nitrogen and oxygen atoms in total. The van der Waals surface area contributed by atoms with Crippen LogP contribution in [0.4, 0.5) is 45.5 Å². The number of nitrogens with zero attached hydrogens (tertiary/aromatic N) is 5. The molecule has 6 aromatic carbocycles. The number of nitrogen functional groups attached to an aromatic ring is 1. The van der Waals surface area contributed by atoms with Gasteiger partial charge in [-0.2, -0.15) is 15.3 Å². The van der Waals surface area contributed by atoms with Crippen LogP contribution in [0.25, 0.3) is 16.8 Å². The number of Topliss-reactive ketones (excluding diaryl/α,β-unsaturated/α-hetero) is 1. The molecular weight excluding hydrogens is 894 g/mol. The molecule has 0 bridgehead atoms. The van der Waals surface area contributed by atoms with Crippen molar-refractivity contribution in [2.24, 2.45) is 25.6 Å². The van der Waals surface area contributed by atoms with E-state index in [2.05, 4.69) is 36.3 Å². The molecule has 0 unspecified atom stereocenters. The minimum atomic E-state index is -5.39. The standard InChI is InChI=1S/C38H28N8O10S3.3Na/c39-35-33-22(21-32(59(54,55)56)37(38(33)47)46-42-24-10-5-2-6-11-24)20-31(58(51,52)53)36(35)45-43-26-16-14-25(15-17-26)41-44-28-18-19-29(40-23-8-3-1-4-9-23)34-27(28)12-7-13-30(34)57(48,49)50;;;/h1-21,40,42H,39H2,(H,48,49,50)(H,51,52,53)(H,54,55,56);;;/q;3*+1/p-3/b44-41?,45-43?,46-37+;;;. The number of allylic oxidation sites excluding steroid dienone is 1. The molecule has 0 heterocycles. The molecule has 24 heteroatoms. The quantitative estimate of drug-likeness (QED) is 0.0433. The smallest absolute Gasteiger partial charge is 0.744 e. The first-order valence-electron chi connectivity index (χ1n) is 16.8. The van der Waals surface area contributed by atoms with Crippen LogP contribution in [0.1, 0.15) is 15.9 Å². The average molecular weight is 919 g/mol. The first-order chi connectivity index (χ1) is 28.0. The predicted molar refractivity (Wildman–Crippen MR) is 215 cm³/mol. The van der Waals surface area contributed by atoms with E-state index in [4.69, 9.17) is 5.73 Å². The van der Waals surface area contributed by atoms with Gasteiger partial charge in [0.25, 0.3) is 0 Å². The van der Waals surface area contributed by atoms with Crippen molar-refractivity contribution in [1.82, 2.24) is 0 Å². The van der Waals surface area contributed by atoms with E-state index >= 15 is 0 Å². The molecule has 1 aliphatic carbocycles. The molecule has 0 fully saturated rings. The average Bonchev–Trinajstić information content (AvgIpc) is 3.19. The molecule has 0 saturated carbocycles. The van der Waals surface area contributed by atoms with E-state index in [1.807, 2.05) is 6.07 Å². The second-order valence-electron chi connectivity index (χ2n) is 12.5. The van der Waals surface area contributed by atoms with Gasteiger partial charge in [-0.25, -0.2) is 25.3 Å². The number of rotatable bonds is 11. The monoisotopic (exact) mass is 918 g/mol. The molecule has 4 N–H and O–H groups in total. The van der Waals surface area contributed by atoms with Gasteiger partial charge in [-0.3, -0.25) is 10.2 Å². The van der Waals surface area contributed by atoms with Crippen molar-refractivity contribution >= 4 is 104 Å². The summed E-state index contributed by atoms with van der Waals surface area (Å²) < 4.78 is 110. The number of benzene rings is 6. The fourth-order valence-electron chi connectivity index (χ4n) is 5.96.